The number of aromatic nitrogens is 2. The van der Waals surface area contributed by atoms with Crippen LogP contribution in [0.1, 0.15) is 19.9 Å². The average Bonchev–Trinajstić information content (AvgIpc) is 2.55. The minimum Gasteiger partial charge on any atom is -0.267 e. The summed E-state index contributed by atoms with van der Waals surface area (Å²) >= 11 is 0. The second-order valence-electron chi connectivity index (χ2n) is 5.51. The first kappa shape index (κ1) is 14.3. The largest absolute Gasteiger partial charge is 0.275 e. The Morgan fingerprint density at radius 3 is 1.95 bits per heavy atom. The molecular formula is C19H18N2O. The molecule has 0 aliphatic rings. The molecule has 1 heterocycles. The Hall–Kier alpha value is -2.68. The fourth-order valence-corrected chi connectivity index (χ4v) is 2.55. The lowest BCUT2D eigenvalue weighted by molar-refractivity contribution is 0.504. The van der Waals surface area contributed by atoms with Crippen molar-refractivity contribution in [2.45, 2.75) is 19.9 Å². The molecule has 0 amide bonds. The summed E-state index contributed by atoms with van der Waals surface area (Å²) in [4.78, 5) is 12.9. The zero-order valence-electron chi connectivity index (χ0n) is 12.7. The topological polar surface area (TPSA) is 34.9 Å². The SMILES string of the molecule is CC(C)n1ncc(-c2ccccc2)c(-c2ccccc2)c1=O. The van der Waals surface area contributed by atoms with Crippen molar-refractivity contribution in [2.24, 2.45) is 0 Å². The van der Waals surface area contributed by atoms with Gasteiger partial charge in [0.15, 0.2) is 0 Å². The Balaban J connectivity index is 2.32. The molecule has 1 aromatic heterocycles. The maximum Gasteiger partial charge on any atom is 0.275 e. The van der Waals surface area contributed by atoms with E-state index in [2.05, 4.69) is 5.10 Å². The predicted octanol–water partition coefficient (Wildman–Crippen LogP) is 4.16. The highest BCUT2D eigenvalue weighted by Gasteiger charge is 2.15. The van der Waals surface area contributed by atoms with Crippen molar-refractivity contribution in [3.05, 3.63) is 77.2 Å². The van der Waals surface area contributed by atoms with E-state index in [1.807, 2.05) is 74.5 Å². The lowest BCUT2D eigenvalue weighted by Gasteiger charge is -2.14. The normalized spacial score (nSPS) is 10.9. The molecule has 110 valence electrons. The van der Waals surface area contributed by atoms with Gasteiger partial charge in [0, 0.05) is 5.56 Å². The van der Waals surface area contributed by atoms with Crippen molar-refractivity contribution in [1.82, 2.24) is 9.78 Å². The van der Waals surface area contributed by atoms with Crippen molar-refractivity contribution < 1.29 is 0 Å². The molecule has 3 rings (SSSR count). The Labute approximate surface area is 129 Å². The second kappa shape index (κ2) is 5.98. The van der Waals surface area contributed by atoms with E-state index in [-0.39, 0.29) is 11.6 Å². The second-order valence-corrected chi connectivity index (χ2v) is 5.51. The lowest BCUT2D eigenvalue weighted by Crippen LogP contribution is -2.26. The maximum atomic E-state index is 12.9. The van der Waals surface area contributed by atoms with Crippen LogP contribution in [0.4, 0.5) is 0 Å². The van der Waals surface area contributed by atoms with Gasteiger partial charge in [0.1, 0.15) is 0 Å². The van der Waals surface area contributed by atoms with Crippen molar-refractivity contribution in [1.29, 1.82) is 0 Å². The van der Waals surface area contributed by atoms with E-state index in [1.165, 1.54) is 4.68 Å². The van der Waals surface area contributed by atoms with E-state index in [9.17, 15) is 4.79 Å². The quantitative estimate of drug-likeness (QED) is 0.726. The van der Waals surface area contributed by atoms with Crippen LogP contribution in [0.15, 0.2) is 71.7 Å². The minimum absolute atomic E-state index is 0.0276. The van der Waals surface area contributed by atoms with E-state index in [1.54, 1.807) is 6.20 Å². The molecule has 22 heavy (non-hydrogen) atoms. The number of hydrogen-bond acceptors (Lipinski definition) is 2. The van der Waals surface area contributed by atoms with Crippen LogP contribution in [0.5, 0.6) is 0 Å². The summed E-state index contributed by atoms with van der Waals surface area (Å²) in [7, 11) is 0. The Morgan fingerprint density at radius 2 is 1.41 bits per heavy atom. The van der Waals surface area contributed by atoms with E-state index in [4.69, 9.17) is 0 Å². The molecule has 0 fully saturated rings. The fourth-order valence-electron chi connectivity index (χ4n) is 2.55. The molecule has 0 bridgehead atoms. The molecule has 0 aliphatic heterocycles. The molecule has 0 unspecified atom stereocenters. The first-order valence-electron chi connectivity index (χ1n) is 7.41. The summed E-state index contributed by atoms with van der Waals surface area (Å²) in [6.45, 7) is 3.93. The standard InChI is InChI=1S/C19H18N2O/c1-14(2)21-19(22)18(16-11-7-4-8-12-16)17(13-20-21)15-9-5-3-6-10-15/h3-14H,1-2H3. The molecule has 0 saturated heterocycles. The molecule has 0 aliphatic carbocycles. The van der Waals surface area contributed by atoms with Gasteiger partial charge in [0.05, 0.1) is 17.8 Å². The van der Waals surface area contributed by atoms with E-state index in [0.717, 1.165) is 16.7 Å². The third-order valence-corrected chi connectivity index (χ3v) is 3.64. The van der Waals surface area contributed by atoms with Crippen LogP contribution in [-0.2, 0) is 0 Å². The molecule has 0 N–H and O–H groups in total. The van der Waals surface area contributed by atoms with Crippen molar-refractivity contribution in [3.8, 4) is 22.3 Å². The van der Waals surface area contributed by atoms with Gasteiger partial charge in [-0.15, -0.1) is 0 Å². The highest BCUT2D eigenvalue weighted by Crippen LogP contribution is 2.28. The van der Waals surface area contributed by atoms with E-state index >= 15 is 0 Å². The van der Waals surface area contributed by atoms with Gasteiger partial charge in [0.25, 0.3) is 5.56 Å². The monoisotopic (exact) mass is 290 g/mol. The maximum absolute atomic E-state index is 12.9. The Kier molecular flexibility index (Phi) is 3.88. The zero-order valence-corrected chi connectivity index (χ0v) is 12.7. The van der Waals surface area contributed by atoms with Gasteiger partial charge in [-0.1, -0.05) is 60.7 Å². The van der Waals surface area contributed by atoms with Crippen LogP contribution in [0, 0.1) is 0 Å². The lowest BCUT2D eigenvalue weighted by atomic mass is 9.97. The molecule has 3 heteroatoms. The summed E-state index contributed by atoms with van der Waals surface area (Å²) < 4.78 is 1.54. The summed E-state index contributed by atoms with van der Waals surface area (Å²) in [6, 6.07) is 19.7. The van der Waals surface area contributed by atoms with Crippen molar-refractivity contribution >= 4 is 0 Å². The van der Waals surface area contributed by atoms with Crippen LogP contribution < -0.4 is 5.56 Å². The molecule has 0 spiro atoms. The molecule has 3 nitrogen and oxygen atoms in total. The van der Waals surface area contributed by atoms with Crippen LogP contribution in [-0.4, -0.2) is 9.78 Å². The Morgan fingerprint density at radius 1 is 0.864 bits per heavy atom. The van der Waals surface area contributed by atoms with Gasteiger partial charge in [0.2, 0.25) is 0 Å². The molecule has 0 saturated carbocycles. The van der Waals surface area contributed by atoms with Gasteiger partial charge < -0.3 is 0 Å². The first-order valence-corrected chi connectivity index (χ1v) is 7.41. The number of benzene rings is 2. The van der Waals surface area contributed by atoms with Crippen LogP contribution in [0.25, 0.3) is 22.3 Å². The van der Waals surface area contributed by atoms with E-state index in [0.29, 0.717) is 5.56 Å². The van der Waals surface area contributed by atoms with Crippen LogP contribution in [0.2, 0.25) is 0 Å². The van der Waals surface area contributed by atoms with Gasteiger partial charge in [-0.2, -0.15) is 5.10 Å². The molecule has 3 aromatic rings. The van der Waals surface area contributed by atoms with Crippen LogP contribution >= 0.6 is 0 Å². The average molecular weight is 290 g/mol. The molecular weight excluding hydrogens is 272 g/mol. The Bertz CT molecular complexity index is 821. The number of nitrogens with zero attached hydrogens (tertiary/aromatic N) is 2. The smallest absolute Gasteiger partial charge is 0.267 e. The molecule has 2 aromatic carbocycles. The van der Waals surface area contributed by atoms with Gasteiger partial charge in [-0.25, -0.2) is 4.68 Å². The number of hydrogen-bond donors (Lipinski definition) is 0. The molecule has 0 radical (unpaired) electrons. The van der Waals surface area contributed by atoms with Crippen LogP contribution in [0.3, 0.4) is 0 Å². The predicted molar refractivity (Wildman–Crippen MR) is 89.8 cm³/mol. The number of rotatable bonds is 3. The summed E-state index contributed by atoms with van der Waals surface area (Å²) in [5.74, 6) is 0. The fraction of sp³-hybridized carbons (Fsp3) is 0.158. The summed E-state index contributed by atoms with van der Waals surface area (Å²) in [6.07, 6.45) is 1.79. The van der Waals surface area contributed by atoms with Gasteiger partial charge in [-0.05, 0) is 25.0 Å². The third-order valence-electron chi connectivity index (χ3n) is 3.64. The summed E-state index contributed by atoms with van der Waals surface area (Å²) in [5, 5.41) is 4.34. The highest BCUT2D eigenvalue weighted by molar-refractivity contribution is 5.82. The third kappa shape index (κ3) is 2.58. The van der Waals surface area contributed by atoms with Crippen molar-refractivity contribution in [2.75, 3.05) is 0 Å². The first-order chi connectivity index (χ1) is 10.7. The van der Waals surface area contributed by atoms with Gasteiger partial charge >= 0.3 is 0 Å². The van der Waals surface area contributed by atoms with Crippen molar-refractivity contribution in [3.63, 3.8) is 0 Å². The zero-order chi connectivity index (χ0) is 15.5. The molecule has 0 atom stereocenters. The van der Waals surface area contributed by atoms with E-state index < -0.39 is 0 Å². The minimum atomic E-state index is -0.0532. The summed E-state index contributed by atoms with van der Waals surface area (Å²) in [5.41, 5.74) is 3.44. The van der Waals surface area contributed by atoms with Gasteiger partial charge in [-0.3, -0.25) is 4.79 Å². The highest BCUT2D eigenvalue weighted by atomic mass is 16.1.